The first-order chi connectivity index (χ1) is 14.3. The van der Waals surface area contributed by atoms with E-state index in [-0.39, 0.29) is 24.1 Å². The lowest BCUT2D eigenvalue weighted by atomic mass is 10.2. The van der Waals surface area contributed by atoms with Crippen molar-refractivity contribution in [3.8, 4) is 17.1 Å². The molecule has 0 fully saturated rings. The van der Waals surface area contributed by atoms with Crippen LogP contribution in [0.5, 0.6) is 5.75 Å². The van der Waals surface area contributed by atoms with Crippen LogP contribution in [-0.2, 0) is 16.6 Å². The summed E-state index contributed by atoms with van der Waals surface area (Å²) in [6.45, 7) is 1.67. The predicted octanol–water partition coefficient (Wildman–Crippen LogP) is 2.78. The molecule has 0 aliphatic rings. The van der Waals surface area contributed by atoms with E-state index in [1.165, 1.54) is 4.90 Å². The zero-order valence-corrected chi connectivity index (χ0v) is 17.6. The van der Waals surface area contributed by atoms with E-state index in [1.54, 1.807) is 51.4 Å². The fourth-order valence-corrected chi connectivity index (χ4v) is 3.27. The van der Waals surface area contributed by atoms with Gasteiger partial charge in [-0.15, -0.1) is 0 Å². The Balaban J connectivity index is 1.66. The van der Waals surface area contributed by atoms with Crippen molar-refractivity contribution in [2.45, 2.75) is 13.5 Å². The number of methoxy groups -OCH3 is 1. The standard InChI is InChI=1S/C20H22N4O5S/c1-4-30(26,27)23-16-10-8-14(9-11-16)20(25)24(2)13-18-21-19(22-29-18)15-6-5-7-17(12-15)28-3/h5-12,23H,4,13H2,1-3H3. The van der Waals surface area contributed by atoms with E-state index in [0.717, 1.165) is 5.56 Å². The normalized spacial score (nSPS) is 11.2. The largest absolute Gasteiger partial charge is 0.497 e. The fourth-order valence-electron chi connectivity index (χ4n) is 2.63. The zero-order valence-electron chi connectivity index (χ0n) is 16.8. The van der Waals surface area contributed by atoms with Gasteiger partial charge in [-0.1, -0.05) is 17.3 Å². The van der Waals surface area contributed by atoms with Crippen LogP contribution < -0.4 is 9.46 Å². The number of ether oxygens (including phenoxy) is 1. The van der Waals surface area contributed by atoms with Crippen LogP contribution in [0.3, 0.4) is 0 Å². The molecule has 10 heteroatoms. The molecule has 0 aliphatic heterocycles. The third-order valence-corrected chi connectivity index (χ3v) is 5.61. The number of sulfonamides is 1. The molecule has 1 N–H and O–H groups in total. The minimum Gasteiger partial charge on any atom is -0.497 e. The Bertz CT molecular complexity index is 1130. The number of benzene rings is 2. The molecule has 9 nitrogen and oxygen atoms in total. The van der Waals surface area contributed by atoms with E-state index in [9.17, 15) is 13.2 Å². The Morgan fingerprint density at radius 3 is 2.60 bits per heavy atom. The third-order valence-electron chi connectivity index (χ3n) is 4.30. The first-order valence-electron chi connectivity index (χ1n) is 9.14. The number of hydrogen-bond acceptors (Lipinski definition) is 7. The highest BCUT2D eigenvalue weighted by Gasteiger charge is 2.17. The summed E-state index contributed by atoms with van der Waals surface area (Å²) < 4.78 is 36.1. The van der Waals surface area contributed by atoms with E-state index >= 15 is 0 Å². The fraction of sp³-hybridized carbons (Fsp3) is 0.250. The van der Waals surface area contributed by atoms with Crippen molar-refractivity contribution in [1.82, 2.24) is 15.0 Å². The number of anilines is 1. The lowest BCUT2D eigenvalue weighted by molar-refractivity contribution is 0.0769. The maximum Gasteiger partial charge on any atom is 0.254 e. The molecule has 0 unspecified atom stereocenters. The van der Waals surface area contributed by atoms with Crippen molar-refractivity contribution in [3.05, 3.63) is 60.0 Å². The predicted molar refractivity (Wildman–Crippen MR) is 112 cm³/mol. The average molecular weight is 430 g/mol. The number of rotatable bonds is 8. The topological polar surface area (TPSA) is 115 Å². The van der Waals surface area contributed by atoms with Crippen molar-refractivity contribution in [2.24, 2.45) is 0 Å². The molecule has 0 aliphatic carbocycles. The molecule has 0 radical (unpaired) electrons. The number of nitrogens with zero attached hydrogens (tertiary/aromatic N) is 3. The minimum atomic E-state index is -3.37. The van der Waals surface area contributed by atoms with Crippen molar-refractivity contribution in [3.63, 3.8) is 0 Å². The van der Waals surface area contributed by atoms with E-state index in [0.29, 0.717) is 22.8 Å². The molecular weight excluding hydrogens is 408 g/mol. The van der Waals surface area contributed by atoms with Gasteiger partial charge in [0, 0.05) is 23.9 Å². The van der Waals surface area contributed by atoms with Crippen molar-refractivity contribution in [2.75, 3.05) is 24.6 Å². The average Bonchev–Trinajstić information content (AvgIpc) is 3.22. The van der Waals surface area contributed by atoms with Gasteiger partial charge in [-0.25, -0.2) is 8.42 Å². The SMILES string of the molecule is CCS(=O)(=O)Nc1ccc(C(=O)N(C)Cc2nc(-c3cccc(OC)c3)no2)cc1. The molecule has 3 rings (SSSR count). The summed E-state index contributed by atoms with van der Waals surface area (Å²) >= 11 is 0. The van der Waals surface area contributed by atoms with Gasteiger partial charge in [-0.05, 0) is 43.3 Å². The Kier molecular flexibility index (Phi) is 6.36. The Morgan fingerprint density at radius 1 is 1.20 bits per heavy atom. The molecule has 0 saturated heterocycles. The quantitative estimate of drug-likeness (QED) is 0.584. The second-order valence-corrected chi connectivity index (χ2v) is 8.50. The molecule has 0 bridgehead atoms. The molecular formula is C20H22N4O5S. The second-order valence-electron chi connectivity index (χ2n) is 6.49. The number of aromatic nitrogens is 2. The van der Waals surface area contributed by atoms with Crippen molar-refractivity contribution >= 4 is 21.6 Å². The molecule has 1 amide bonds. The van der Waals surface area contributed by atoms with Gasteiger partial charge in [0.05, 0.1) is 19.4 Å². The number of carbonyl (C=O) groups excluding carboxylic acids is 1. The van der Waals surface area contributed by atoms with Gasteiger partial charge in [0.15, 0.2) is 0 Å². The molecule has 158 valence electrons. The van der Waals surface area contributed by atoms with E-state index < -0.39 is 10.0 Å². The van der Waals surface area contributed by atoms with E-state index in [1.807, 2.05) is 18.2 Å². The van der Waals surface area contributed by atoms with Gasteiger partial charge in [0.1, 0.15) is 5.75 Å². The van der Waals surface area contributed by atoms with Gasteiger partial charge in [0.25, 0.3) is 5.91 Å². The summed E-state index contributed by atoms with van der Waals surface area (Å²) in [6.07, 6.45) is 0. The first kappa shape index (κ1) is 21.3. The van der Waals surface area contributed by atoms with Gasteiger partial charge in [-0.3, -0.25) is 9.52 Å². The molecule has 0 atom stereocenters. The summed E-state index contributed by atoms with van der Waals surface area (Å²) in [5.41, 5.74) is 1.55. The van der Waals surface area contributed by atoms with Crippen LogP contribution in [0.15, 0.2) is 53.1 Å². The number of amides is 1. The highest BCUT2D eigenvalue weighted by atomic mass is 32.2. The summed E-state index contributed by atoms with van der Waals surface area (Å²) in [5.74, 6) is 1.07. The molecule has 2 aromatic carbocycles. The molecule has 0 saturated carbocycles. The van der Waals surface area contributed by atoms with Crippen LogP contribution >= 0.6 is 0 Å². The van der Waals surface area contributed by atoms with Gasteiger partial charge >= 0.3 is 0 Å². The Labute approximate surface area is 174 Å². The molecule has 30 heavy (non-hydrogen) atoms. The maximum atomic E-state index is 12.6. The van der Waals surface area contributed by atoms with Gasteiger partial charge in [0.2, 0.25) is 21.7 Å². The van der Waals surface area contributed by atoms with Crippen molar-refractivity contribution < 1.29 is 22.5 Å². The smallest absolute Gasteiger partial charge is 0.254 e. The van der Waals surface area contributed by atoms with Crippen molar-refractivity contribution in [1.29, 1.82) is 0 Å². The summed E-state index contributed by atoms with van der Waals surface area (Å²) in [7, 11) is -0.176. The van der Waals surface area contributed by atoms with E-state index in [2.05, 4.69) is 14.9 Å². The molecule has 1 aromatic heterocycles. The molecule has 1 heterocycles. The number of hydrogen-bond donors (Lipinski definition) is 1. The minimum absolute atomic E-state index is 0.0294. The van der Waals surface area contributed by atoms with Crippen LogP contribution in [0.25, 0.3) is 11.4 Å². The summed E-state index contributed by atoms with van der Waals surface area (Å²) in [4.78, 5) is 18.4. The Morgan fingerprint density at radius 2 is 1.93 bits per heavy atom. The molecule has 3 aromatic rings. The summed E-state index contributed by atoms with van der Waals surface area (Å²) in [5, 5.41) is 3.96. The van der Waals surface area contributed by atoms with Crippen LogP contribution in [0, 0.1) is 0 Å². The van der Waals surface area contributed by atoms with Crippen LogP contribution in [-0.4, -0.2) is 49.3 Å². The van der Waals surface area contributed by atoms with Crippen LogP contribution in [0.4, 0.5) is 5.69 Å². The number of carbonyl (C=O) groups is 1. The highest BCUT2D eigenvalue weighted by Crippen LogP contribution is 2.21. The zero-order chi connectivity index (χ0) is 21.7. The number of nitrogens with one attached hydrogen (secondary N) is 1. The maximum absolute atomic E-state index is 12.6. The lowest BCUT2D eigenvalue weighted by Gasteiger charge is -2.15. The Hall–Kier alpha value is -3.40. The summed E-state index contributed by atoms with van der Waals surface area (Å²) in [6, 6.07) is 13.5. The monoisotopic (exact) mass is 430 g/mol. The third kappa shape index (κ3) is 5.15. The van der Waals surface area contributed by atoms with Gasteiger partial charge < -0.3 is 14.2 Å². The second kappa shape index (κ2) is 8.95. The van der Waals surface area contributed by atoms with Crippen LogP contribution in [0.2, 0.25) is 0 Å². The highest BCUT2D eigenvalue weighted by molar-refractivity contribution is 7.92. The van der Waals surface area contributed by atoms with E-state index in [4.69, 9.17) is 9.26 Å². The van der Waals surface area contributed by atoms with Crippen LogP contribution in [0.1, 0.15) is 23.2 Å². The molecule has 0 spiro atoms. The van der Waals surface area contributed by atoms with Gasteiger partial charge in [-0.2, -0.15) is 4.98 Å². The first-order valence-corrected chi connectivity index (χ1v) is 10.8. The lowest BCUT2D eigenvalue weighted by Crippen LogP contribution is -2.26.